The Bertz CT molecular complexity index is 1250. The van der Waals surface area contributed by atoms with Crippen LogP contribution in [-0.4, -0.2) is 35.2 Å². The number of halogens is 1. The minimum absolute atomic E-state index is 0.0464. The molecule has 0 saturated heterocycles. The summed E-state index contributed by atoms with van der Waals surface area (Å²) in [5.41, 5.74) is 1.20. The van der Waals surface area contributed by atoms with E-state index in [4.69, 9.17) is 25.8 Å². The van der Waals surface area contributed by atoms with Gasteiger partial charge in [0.25, 0.3) is 15.9 Å². The maximum Gasteiger partial charge on any atom is 0.261 e. The number of para-hydroxylation sites is 1. The SMILES string of the molecule is COc1ccc(NS(=O)(=O)c2ccc(OCC(=O)NC(C)c3ccccc3OC)c(Cl)c2)cc1. The molecule has 1 unspecified atom stereocenters. The van der Waals surface area contributed by atoms with E-state index < -0.39 is 10.0 Å². The smallest absolute Gasteiger partial charge is 0.261 e. The number of ether oxygens (including phenoxy) is 3. The number of amides is 1. The zero-order chi connectivity index (χ0) is 24.7. The molecule has 0 aromatic heterocycles. The van der Waals surface area contributed by atoms with Crippen molar-refractivity contribution in [3.63, 3.8) is 0 Å². The van der Waals surface area contributed by atoms with Gasteiger partial charge in [0.15, 0.2) is 6.61 Å². The third-order valence-electron chi connectivity index (χ3n) is 4.90. The van der Waals surface area contributed by atoms with Gasteiger partial charge in [0, 0.05) is 11.3 Å². The lowest BCUT2D eigenvalue weighted by atomic mass is 10.1. The molecule has 0 spiro atoms. The van der Waals surface area contributed by atoms with Gasteiger partial charge in [0.2, 0.25) is 0 Å². The topological polar surface area (TPSA) is 103 Å². The van der Waals surface area contributed by atoms with Crippen LogP contribution in [0.2, 0.25) is 5.02 Å². The Labute approximate surface area is 203 Å². The Kier molecular flexibility index (Phi) is 8.25. The molecule has 0 heterocycles. The van der Waals surface area contributed by atoms with Crippen molar-refractivity contribution in [3.05, 3.63) is 77.3 Å². The van der Waals surface area contributed by atoms with Crippen molar-refractivity contribution in [2.45, 2.75) is 17.9 Å². The Morgan fingerprint density at radius 2 is 1.68 bits per heavy atom. The van der Waals surface area contributed by atoms with Crippen LogP contribution < -0.4 is 24.2 Å². The molecule has 2 N–H and O–H groups in total. The van der Waals surface area contributed by atoms with Crippen LogP contribution in [0, 0.1) is 0 Å². The summed E-state index contributed by atoms with van der Waals surface area (Å²) < 4.78 is 43.7. The number of hydrogen-bond acceptors (Lipinski definition) is 6. The van der Waals surface area contributed by atoms with Crippen LogP contribution in [0.25, 0.3) is 0 Å². The molecule has 0 aliphatic rings. The van der Waals surface area contributed by atoms with Crippen molar-refractivity contribution in [3.8, 4) is 17.2 Å². The first kappa shape index (κ1) is 25.2. The first-order valence-electron chi connectivity index (χ1n) is 10.2. The second-order valence-corrected chi connectivity index (χ2v) is 9.34. The van der Waals surface area contributed by atoms with Gasteiger partial charge in [-0.15, -0.1) is 0 Å². The van der Waals surface area contributed by atoms with Crippen molar-refractivity contribution < 1.29 is 27.4 Å². The van der Waals surface area contributed by atoms with Gasteiger partial charge >= 0.3 is 0 Å². The molecule has 3 aromatic rings. The summed E-state index contributed by atoms with van der Waals surface area (Å²) in [5.74, 6) is 1.09. The summed E-state index contributed by atoms with van der Waals surface area (Å²) in [6, 6.07) is 17.5. The summed E-state index contributed by atoms with van der Waals surface area (Å²) >= 11 is 6.22. The standard InChI is InChI=1S/C24H25ClN2O6S/c1-16(20-6-4-5-7-22(20)32-3)26-24(28)15-33-23-13-12-19(14-21(23)25)34(29,30)27-17-8-10-18(31-2)11-9-17/h4-14,16,27H,15H2,1-3H3,(H,26,28). The van der Waals surface area contributed by atoms with E-state index in [0.29, 0.717) is 17.2 Å². The zero-order valence-electron chi connectivity index (χ0n) is 18.9. The molecule has 3 rings (SSSR count). The van der Waals surface area contributed by atoms with E-state index in [-0.39, 0.29) is 34.2 Å². The van der Waals surface area contributed by atoms with Crippen LogP contribution >= 0.6 is 11.6 Å². The highest BCUT2D eigenvalue weighted by molar-refractivity contribution is 7.92. The molecule has 34 heavy (non-hydrogen) atoms. The minimum Gasteiger partial charge on any atom is -0.497 e. The monoisotopic (exact) mass is 504 g/mol. The van der Waals surface area contributed by atoms with Gasteiger partial charge in [0.1, 0.15) is 17.2 Å². The van der Waals surface area contributed by atoms with Crippen molar-refractivity contribution in [2.24, 2.45) is 0 Å². The van der Waals surface area contributed by atoms with Crippen molar-refractivity contribution in [1.82, 2.24) is 5.32 Å². The average Bonchev–Trinajstić information content (AvgIpc) is 2.83. The van der Waals surface area contributed by atoms with Gasteiger partial charge in [0.05, 0.1) is 30.2 Å². The Morgan fingerprint density at radius 3 is 2.32 bits per heavy atom. The summed E-state index contributed by atoms with van der Waals surface area (Å²) in [7, 11) is -0.791. The lowest BCUT2D eigenvalue weighted by molar-refractivity contribution is -0.123. The van der Waals surface area contributed by atoms with E-state index in [1.807, 2.05) is 31.2 Å². The molecule has 8 nitrogen and oxygen atoms in total. The predicted octanol–water partition coefficient (Wildman–Crippen LogP) is 4.41. The molecule has 10 heteroatoms. The highest BCUT2D eigenvalue weighted by Gasteiger charge is 2.18. The molecule has 0 fully saturated rings. The second-order valence-electron chi connectivity index (χ2n) is 7.25. The third-order valence-corrected chi connectivity index (χ3v) is 6.57. The fourth-order valence-electron chi connectivity index (χ4n) is 3.17. The van der Waals surface area contributed by atoms with E-state index in [1.54, 1.807) is 31.4 Å². The van der Waals surface area contributed by atoms with Crippen LogP contribution in [0.4, 0.5) is 5.69 Å². The molecular formula is C24H25ClN2O6S. The van der Waals surface area contributed by atoms with Gasteiger partial charge in [-0.3, -0.25) is 9.52 Å². The summed E-state index contributed by atoms with van der Waals surface area (Å²) in [5, 5.41) is 2.89. The molecule has 1 amide bonds. The van der Waals surface area contributed by atoms with E-state index in [0.717, 1.165) is 5.56 Å². The van der Waals surface area contributed by atoms with Crippen molar-refractivity contribution >= 4 is 33.2 Å². The van der Waals surface area contributed by atoms with Crippen LogP contribution in [0.15, 0.2) is 71.6 Å². The lowest BCUT2D eigenvalue weighted by Gasteiger charge is -2.17. The van der Waals surface area contributed by atoms with E-state index >= 15 is 0 Å². The maximum absolute atomic E-state index is 12.7. The highest BCUT2D eigenvalue weighted by atomic mass is 35.5. The molecule has 0 bridgehead atoms. The second kappa shape index (κ2) is 11.1. The van der Waals surface area contributed by atoms with Gasteiger partial charge in [-0.2, -0.15) is 0 Å². The fourth-order valence-corrected chi connectivity index (χ4v) is 4.55. The number of carbonyl (C=O) groups excluding carboxylic acids is 1. The molecule has 1 atom stereocenters. The van der Waals surface area contributed by atoms with E-state index in [1.165, 1.54) is 25.3 Å². The first-order valence-corrected chi connectivity index (χ1v) is 12.1. The fraction of sp³-hybridized carbons (Fsp3) is 0.208. The number of hydrogen-bond donors (Lipinski definition) is 2. The van der Waals surface area contributed by atoms with Gasteiger partial charge in [-0.1, -0.05) is 29.8 Å². The van der Waals surface area contributed by atoms with Crippen LogP contribution in [0.3, 0.4) is 0 Å². The number of anilines is 1. The van der Waals surface area contributed by atoms with Crippen LogP contribution in [0.1, 0.15) is 18.5 Å². The van der Waals surface area contributed by atoms with E-state index in [2.05, 4.69) is 10.0 Å². The summed E-state index contributed by atoms with van der Waals surface area (Å²) in [6.45, 7) is 1.54. The highest BCUT2D eigenvalue weighted by Crippen LogP contribution is 2.29. The number of carbonyl (C=O) groups is 1. The average molecular weight is 505 g/mol. The Hall–Kier alpha value is -3.43. The largest absolute Gasteiger partial charge is 0.497 e. The molecule has 3 aromatic carbocycles. The van der Waals surface area contributed by atoms with Gasteiger partial charge in [-0.25, -0.2) is 8.42 Å². The molecular weight excluding hydrogens is 480 g/mol. The Balaban J connectivity index is 1.61. The number of methoxy groups -OCH3 is 2. The predicted molar refractivity (Wildman–Crippen MR) is 130 cm³/mol. The molecule has 0 aliphatic carbocycles. The van der Waals surface area contributed by atoms with Crippen LogP contribution in [-0.2, 0) is 14.8 Å². The minimum atomic E-state index is -3.88. The number of sulfonamides is 1. The number of nitrogens with one attached hydrogen (secondary N) is 2. The zero-order valence-corrected chi connectivity index (χ0v) is 20.4. The summed E-state index contributed by atoms with van der Waals surface area (Å²) in [4.78, 5) is 12.3. The van der Waals surface area contributed by atoms with Crippen molar-refractivity contribution in [2.75, 3.05) is 25.5 Å². The summed E-state index contributed by atoms with van der Waals surface area (Å²) in [6.07, 6.45) is 0. The molecule has 0 aliphatic heterocycles. The van der Waals surface area contributed by atoms with Crippen molar-refractivity contribution in [1.29, 1.82) is 0 Å². The number of rotatable bonds is 10. The van der Waals surface area contributed by atoms with Gasteiger partial charge in [-0.05, 0) is 55.5 Å². The Morgan fingerprint density at radius 1 is 0.971 bits per heavy atom. The maximum atomic E-state index is 12.7. The lowest BCUT2D eigenvalue weighted by Crippen LogP contribution is -2.31. The quantitative estimate of drug-likeness (QED) is 0.424. The number of benzene rings is 3. The van der Waals surface area contributed by atoms with E-state index in [9.17, 15) is 13.2 Å². The first-order chi connectivity index (χ1) is 16.2. The third kappa shape index (κ3) is 6.33. The molecule has 180 valence electrons. The normalized spacial score (nSPS) is 11.9. The van der Waals surface area contributed by atoms with Crippen LogP contribution in [0.5, 0.6) is 17.2 Å². The molecule has 0 radical (unpaired) electrons. The molecule has 0 saturated carbocycles. The van der Waals surface area contributed by atoms with Gasteiger partial charge < -0.3 is 19.5 Å².